The lowest BCUT2D eigenvalue weighted by Crippen LogP contribution is -2.12. The van der Waals surface area contributed by atoms with E-state index in [1.165, 1.54) is 61.2 Å². The molecule has 1 unspecified atom stereocenters. The third-order valence-corrected chi connectivity index (χ3v) is 10.4. The van der Waals surface area contributed by atoms with E-state index >= 15 is 0 Å². The van der Waals surface area contributed by atoms with Gasteiger partial charge < -0.3 is 5.32 Å². The van der Waals surface area contributed by atoms with Crippen molar-refractivity contribution in [2.45, 2.75) is 18.8 Å². The first-order valence-electron chi connectivity index (χ1n) is 18.8. The van der Waals surface area contributed by atoms with E-state index in [1.54, 1.807) is 0 Å². The standard InChI is InChI=1S/C50H40N4/c1-3-8-35(9-4-1)37-14-16-38(17-15-37)45-31-46(33-47(32-45)44-13-7-12-43(30-44)36-10-5-2-6-11-36)39-18-20-40(21-19-39)48-34-49(41-22-26-51-27-23-41)54-50(53-48)42-24-28-52-29-25-42/h1-20,22,24-26,28,30-34,40,52H,21,23,27,29H2. The molecule has 5 aromatic carbocycles. The molecule has 2 aliphatic heterocycles. The zero-order valence-corrected chi connectivity index (χ0v) is 30.1. The maximum Gasteiger partial charge on any atom is 0.159 e. The van der Waals surface area contributed by atoms with Gasteiger partial charge in [-0.2, -0.15) is 0 Å². The highest BCUT2D eigenvalue weighted by Gasteiger charge is 2.20. The Hall–Kier alpha value is -6.65. The molecule has 1 aliphatic carbocycles. The summed E-state index contributed by atoms with van der Waals surface area (Å²) in [6.07, 6.45) is 18.9. The zero-order chi connectivity index (χ0) is 36.1. The molecule has 0 fully saturated rings. The normalized spacial score (nSPS) is 16.3. The average molecular weight is 697 g/mol. The van der Waals surface area contributed by atoms with Gasteiger partial charge in [-0.1, -0.05) is 127 Å². The fourth-order valence-electron chi connectivity index (χ4n) is 7.44. The van der Waals surface area contributed by atoms with Crippen LogP contribution in [0.25, 0.3) is 61.2 Å². The largest absolute Gasteiger partial charge is 0.387 e. The Kier molecular flexibility index (Phi) is 9.31. The van der Waals surface area contributed by atoms with E-state index in [0.29, 0.717) is 0 Å². The van der Waals surface area contributed by atoms with Crippen molar-refractivity contribution in [2.75, 3.05) is 13.1 Å². The number of aliphatic imine (C=N–C) groups is 1. The van der Waals surface area contributed by atoms with E-state index < -0.39 is 0 Å². The van der Waals surface area contributed by atoms with Crippen LogP contribution in [0.1, 0.15) is 41.5 Å². The van der Waals surface area contributed by atoms with Crippen molar-refractivity contribution in [2.24, 2.45) is 4.99 Å². The fraction of sp³-hybridized carbons (Fsp3) is 0.100. The topological polar surface area (TPSA) is 50.2 Å². The Labute approximate surface area is 317 Å². The third-order valence-electron chi connectivity index (χ3n) is 10.4. The Morgan fingerprint density at radius 3 is 1.83 bits per heavy atom. The number of dihydropyridines is 2. The molecule has 54 heavy (non-hydrogen) atoms. The van der Waals surface area contributed by atoms with Gasteiger partial charge in [-0.15, -0.1) is 0 Å². The van der Waals surface area contributed by atoms with Crippen molar-refractivity contribution in [1.82, 2.24) is 15.3 Å². The number of hydrogen-bond acceptors (Lipinski definition) is 4. The zero-order valence-electron chi connectivity index (χ0n) is 30.1. The molecule has 0 spiro atoms. The molecule has 260 valence electrons. The molecule has 3 heterocycles. The molecular formula is C50H40N4. The SMILES string of the molecule is C1=CC(c2nc(C3=CC=NCC3)cc(C3C=CC(c4cc(-c5ccc(-c6ccccc6)cc5)cc(-c5cccc(-c6ccccc6)c5)c4)=CC3)n2)=CCN1. The molecule has 9 rings (SSSR count). The van der Waals surface area contributed by atoms with E-state index in [0.717, 1.165) is 48.7 Å². The molecule has 6 aromatic rings. The summed E-state index contributed by atoms with van der Waals surface area (Å²) in [4.78, 5) is 14.6. The molecule has 0 saturated heterocycles. The van der Waals surface area contributed by atoms with Crippen molar-refractivity contribution < 1.29 is 0 Å². The van der Waals surface area contributed by atoms with Crippen molar-refractivity contribution >= 4 is 22.9 Å². The minimum absolute atomic E-state index is 0.147. The maximum atomic E-state index is 5.14. The second-order valence-corrected chi connectivity index (χ2v) is 13.9. The van der Waals surface area contributed by atoms with Gasteiger partial charge in [-0.25, -0.2) is 9.97 Å². The third kappa shape index (κ3) is 7.19. The van der Waals surface area contributed by atoms with E-state index in [2.05, 4.69) is 180 Å². The number of aromatic nitrogens is 2. The second-order valence-electron chi connectivity index (χ2n) is 13.9. The smallest absolute Gasteiger partial charge is 0.159 e. The first-order valence-corrected chi connectivity index (χ1v) is 18.8. The molecule has 4 nitrogen and oxygen atoms in total. The van der Waals surface area contributed by atoms with Gasteiger partial charge >= 0.3 is 0 Å². The minimum atomic E-state index is 0.147. The second kappa shape index (κ2) is 15.1. The first-order chi connectivity index (χ1) is 26.7. The lowest BCUT2D eigenvalue weighted by molar-refractivity contribution is 0.802. The van der Waals surface area contributed by atoms with Gasteiger partial charge in [0.1, 0.15) is 0 Å². The van der Waals surface area contributed by atoms with Gasteiger partial charge in [-0.05, 0) is 123 Å². The number of benzene rings is 5. The van der Waals surface area contributed by atoms with Crippen LogP contribution in [-0.4, -0.2) is 29.3 Å². The Morgan fingerprint density at radius 1 is 0.537 bits per heavy atom. The lowest BCUT2D eigenvalue weighted by Gasteiger charge is -2.20. The van der Waals surface area contributed by atoms with Gasteiger partial charge in [-0.3, -0.25) is 4.99 Å². The van der Waals surface area contributed by atoms with Crippen molar-refractivity contribution in [3.05, 3.63) is 199 Å². The summed E-state index contributed by atoms with van der Waals surface area (Å²) in [7, 11) is 0. The van der Waals surface area contributed by atoms with E-state index in [4.69, 9.17) is 9.97 Å². The Morgan fingerprint density at radius 2 is 1.17 bits per heavy atom. The summed E-state index contributed by atoms with van der Waals surface area (Å²) in [6.45, 7) is 1.56. The molecule has 1 aromatic heterocycles. The van der Waals surface area contributed by atoms with E-state index in [9.17, 15) is 0 Å². The number of nitrogens with zero attached hydrogens (tertiary/aromatic N) is 3. The summed E-state index contributed by atoms with van der Waals surface area (Å²) < 4.78 is 0. The number of rotatable bonds is 8. The summed E-state index contributed by atoms with van der Waals surface area (Å²) >= 11 is 0. The van der Waals surface area contributed by atoms with Gasteiger partial charge in [0.15, 0.2) is 5.82 Å². The number of allylic oxidation sites excluding steroid dienone is 7. The monoisotopic (exact) mass is 696 g/mol. The Balaban J connectivity index is 1.07. The molecule has 0 amide bonds. The van der Waals surface area contributed by atoms with Crippen LogP contribution >= 0.6 is 0 Å². The predicted octanol–water partition coefficient (Wildman–Crippen LogP) is 11.6. The quantitative estimate of drug-likeness (QED) is 0.172. The number of hydrogen-bond donors (Lipinski definition) is 1. The molecule has 1 N–H and O–H groups in total. The molecular weight excluding hydrogens is 657 g/mol. The van der Waals surface area contributed by atoms with Crippen LogP contribution in [0.15, 0.2) is 181 Å². The van der Waals surface area contributed by atoms with Gasteiger partial charge in [0.25, 0.3) is 0 Å². The van der Waals surface area contributed by atoms with Gasteiger partial charge in [0.2, 0.25) is 0 Å². The summed E-state index contributed by atoms with van der Waals surface area (Å²) in [5.74, 6) is 0.925. The van der Waals surface area contributed by atoms with Crippen molar-refractivity contribution in [3.63, 3.8) is 0 Å². The highest BCUT2D eigenvalue weighted by Crippen LogP contribution is 2.37. The van der Waals surface area contributed by atoms with Crippen LogP contribution in [0.5, 0.6) is 0 Å². The summed E-state index contributed by atoms with van der Waals surface area (Å²) in [6, 6.07) is 48.2. The first kappa shape index (κ1) is 33.2. The fourth-order valence-corrected chi connectivity index (χ4v) is 7.44. The molecule has 0 radical (unpaired) electrons. The molecule has 3 aliphatic rings. The Bertz CT molecular complexity index is 2500. The summed E-state index contributed by atoms with van der Waals surface area (Å²) in [5, 5.41) is 3.25. The predicted molar refractivity (Wildman–Crippen MR) is 226 cm³/mol. The highest BCUT2D eigenvalue weighted by atomic mass is 14.9. The highest BCUT2D eigenvalue weighted by molar-refractivity contribution is 5.87. The molecule has 0 bridgehead atoms. The maximum absolute atomic E-state index is 5.14. The van der Waals surface area contributed by atoms with Crippen LogP contribution in [0.3, 0.4) is 0 Å². The summed E-state index contributed by atoms with van der Waals surface area (Å²) in [5.41, 5.74) is 16.4. The van der Waals surface area contributed by atoms with Crippen LogP contribution in [0.4, 0.5) is 0 Å². The lowest BCUT2D eigenvalue weighted by atomic mass is 9.87. The number of nitrogens with one attached hydrogen (secondary N) is 1. The van der Waals surface area contributed by atoms with Crippen molar-refractivity contribution in [3.8, 4) is 44.5 Å². The van der Waals surface area contributed by atoms with Crippen LogP contribution < -0.4 is 5.32 Å². The molecule has 1 atom stereocenters. The average Bonchev–Trinajstić information content (AvgIpc) is 3.27. The van der Waals surface area contributed by atoms with Crippen LogP contribution in [-0.2, 0) is 0 Å². The minimum Gasteiger partial charge on any atom is -0.387 e. The molecule has 0 saturated carbocycles. The molecule has 4 heteroatoms. The van der Waals surface area contributed by atoms with E-state index in [1.807, 2.05) is 12.4 Å². The van der Waals surface area contributed by atoms with Gasteiger partial charge in [0, 0.05) is 30.8 Å². The van der Waals surface area contributed by atoms with E-state index in [-0.39, 0.29) is 5.92 Å². The van der Waals surface area contributed by atoms with Gasteiger partial charge in [0.05, 0.1) is 11.4 Å². The van der Waals surface area contributed by atoms with Crippen molar-refractivity contribution in [1.29, 1.82) is 0 Å². The van der Waals surface area contributed by atoms with Crippen LogP contribution in [0, 0.1) is 0 Å². The van der Waals surface area contributed by atoms with Crippen LogP contribution in [0.2, 0.25) is 0 Å².